The molecule has 0 saturated carbocycles. The summed E-state index contributed by atoms with van der Waals surface area (Å²) in [4.78, 5) is 12.6. The van der Waals surface area contributed by atoms with Crippen molar-refractivity contribution in [3.63, 3.8) is 0 Å². The highest BCUT2D eigenvalue weighted by Crippen LogP contribution is 2.50. The van der Waals surface area contributed by atoms with Gasteiger partial charge >= 0.3 is 0 Å². The second-order valence-corrected chi connectivity index (χ2v) is 12.1. The molecule has 8 rings (SSSR count). The van der Waals surface area contributed by atoms with Gasteiger partial charge in [0.2, 0.25) is 0 Å². The standard InChI is InChI=1S/C37H26N2S/c1-37(2)29-11-5-6-12-32(29)40-33-22-26(16-19-30(33)37)28-18-15-23-8-3-4-10-27(23)34(28)31-20-17-25-14-13-24-9-7-21-38-35(24)36(25)39-31/h3-22H,1-2H3. The Morgan fingerprint density at radius 3 is 2.25 bits per heavy atom. The van der Waals surface area contributed by atoms with E-state index in [9.17, 15) is 0 Å². The van der Waals surface area contributed by atoms with Crippen LogP contribution in [0, 0.1) is 0 Å². The summed E-state index contributed by atoms with van der Waals surface area (Å²) in [6.45, 7) is 4.67. The van der Waals surface area contributed by atoms with Crippen LogP contribution in [0.1, 0.15) is 25.0 Å². The van der Waals surface area contributed by atoms with Crippen LogP contribution in [0.3, 0.4) is 0 Å². The van der Waals surface area contributed by atoms with E-state index in [-0.39, 0.29) is 5.41 Å². The van der Waals surface area contributed by atoms with Crippen molar-refractivity contribution in [2.45, 2.75) is 29.1 Å². The molecule has 5 aromatic carbocycles. The molecule has 1 aliphatic heterocycles. The molecule has 0 bridgehead atoms. The summed E-state index contributed by atoms with van der Waals surface area (Å²) in [6, 6.07) is 41.6. The van der Waals surface area contributed by atoms with E-state index in [1.807, 2.05) is 24.0 Å². The average Bonchev–Trinajstić information content (AvgIpc) is 3.00. The lowest BCUT2D eigenvalue weighted by Gasteiger charge is -2.34. The number of fused-ring (bicyclic) bond motifs is 6. The summed E-state index contributed by atoms with van der Waals surface area (Å²) in [5.41, 5.74) is 9.14. The van der Waals surface area contributed by atoms with Gasteiger partial charge in [0.1, 0.15) is 0 Å². The minimum absolute atomic E-state index is 0.0458. The lowest BCUT2D eigenvalue weighted by Crippen LogP contribution is -2.23. The van der Waals surface area contributed by atoms with Crippen LogP contribution < -0.4 is 0 Å². The van der Waals surface area contributed by atoms with E-state index in [1.54, 1.807) is 0 Å². The molecular formula is C37H26N2S. The lowest BCUT2D eigenvalue weighted by atomic mass is 9.77. The highest BCUT2D eigenvalue weighted by Gasteiger charge is 2.33. The Hall–Kier alpha value is -4.47. The summed E-state index contributed by atoms with van der Waals surface area (Å²) in [5, 5.41) is 4.62. The van der Waals surface area contributed by atoms with Gasteiger partial charge in [0.15, 0.2) is 0 Å². The Labute approximate surface area is 237 Å². The van der Waals surface area contributed by atoms with Crippen LogP contribution in [0.25, 0.3) is 55.0 Å². The molecule has 2 nitrogen and oxygen atoms in total. The van der Waals surface area contributed by atoms with Gasteiger partial charge in [-0.15, -0.1) is 0 Å². The molecule has 190 valence electrons. The van der Waals surface area contributed by atoms with Crippen LogP contribution in [-0.4, -0.2) is 9.97 Å². The summed E-state index contributed by atoms with van der Waals surface area (Å²) in [7, 11) is 0. The van der Waals surface area contributed by atoms with Crippen molar-refractivity contribution in [3.05, 3.63) is 133 Å². The molecule has 0 fully saturated rings. The van der Waals surface area contributed by atoms with E-state index < -0.39 is 0 Å². The van der Waals surface area contributed by atoms with Gasteiger partial charge in [-0.3, -0.25) is 4.98 Å². The number of pyridine rings is 2. The first-order chi connectivity index (χ1) is 19.6. The molecule has 0 spiro atoms. The van der Waals surface area contributed by atoms with Crippen molar-refractivity contribution >= 4 is 44.3 Å². The zero-order chi connectivity index (χ0) is 26.8. The normalized spacial score (nSPS) is 13.8. The van der Waals surface area contributed by atoms with Crippen molar-refractivity contribution in [1.29, 1.82) is 0 Å². The van der Waals surface area contributed by atoms with Gasteiger partial charge in [-0.1, -0.05) is 117 Å². The average molecular weight is 531 g/mol. The van der Waals surface area contributed by atoms with Crippen LogP contribution in [0.2, 0.25) is 0 Å². The molecule has 3 heteroatoms. The maximum absolute atomic E-state index is 5.28. The van der Waals surface area contributed by atoms with Gasteiger partial charge in [-0.05, 0) is 57.3 Å². The Morgan fingerprint density at radius 2 is 1.32 bits per heavy atom. The van der Waals surface area contributed by atoms with E-state index >= 15 is 0 Å². The molecule has 2 aromatic heterocycles. The van der Waals surface area contributed by atoms with Crippen LogP contribution >= 0.6 is 11.8 Å². The monoisotopic (exact) mass is 530 g/mol. The van der Waals surface area contributed by atoms with Gasteiger partial charge in [0, 0.05) is 37.7 Å². The summed E-state index contributed by atoms with van der Waals surface area (Å²) < 4.78 is 0. The Morgan fingerprint density at radius 1 is 0.600 bits per heavy atom. The minimum atomic E-state index is -0.0458. The molecule has 0 radical (unpaired) electrons. The number of hydrogen-bond donors (Lipinski definition) is 0. The zero-order valence-corrected chi connectivity index (χ0v) is 23.2. The fourth-order valence-corrected chi connectivity index (χ4v) is 7.71. The van der Waals surface area contributed by atoms with Crippen molar-refractivity contribution in [2.75, 3.05) is 0 Å². The molecule has 3 heterocycles. The topological polar surface area (TPSA) is 25.8 Å². The first-order valence-corrected chi connectivity index (χ1v) is 14.5. The van der Waals surface area contributed by atoms with E-state index in [2.05, 4.69) is 123 Å². The third-order valence-electron chi connectivity index (χ3n) is 8.36. The number of aromatic nitrogens is 2. The van der Waals surface area contributed by atoms with Crippen LogP contribution in [0.4, 0.5) is 0 Å². The van der Waals surface area contributed by atoms with E-state index in [1.165, 1.54) is 42.8 Å². The smallest absolute Gasteiger partial charge is 0.0972 e. The second-order valence-electron chi connectivity index (χ2n) is 11.1. The van der Waals surface area contributed by atoms with Gasteiger partial charge < -0.3 is 0 Å². The number of nitrogens with zero attached hydrogens (tertiary/aromatic N) is 2. The highest BCUT2D eigenvalue weighted by atomic mass is 32.2. The molecule has 7 aromatic rings. The SMILES string of the molecule is CC1(C)c2ccccc2Sc2cc(-c3ccc4ccccc4c3-c3ccc4ccc5cccnc5c4n3)ccc21. The van der Waals surface area contributed by atoms with Crippen LogP contribution in [0.5, 0.6) is 0 Å². The number of benzene rings is 5. The molecule has 40 heavy (non-hydrogen) atoms. The Bertz CT molecular complexity index is 2130. The maximum Gasteiger partial charge on any atom is 0.0972 e. The van der Waals surface area contributed by atoms with Crippen molar-refractivity contribution in [2.24, 2.45) is 0 Å². The van der Waals surface area contributed by atoms with Crippen molar-refractivity contribution < 1.29 is 0 Å². The largest absolute Gasteiger partial charge is 0.254 e. The van der Waals surface area contributed by atoms with Gasteiger partial charge in [-0.2, -0.15) is 0 Å². The molecule has 1 aliphatic rings. The fourth-order valence-electron chi connectivity index (χ4n) is 6.28. The van der Waals surface area contributed by atoms with Crippen molar-refractivity contribution in [3.8, 4) is 22.4 Å². The van der Waals surface area contributed by atoms with E-state index in [0.717, 1.165) is 33.1 Å². The quantitative estimate of drug-likeness (QED) is 0.208. The van der Waals surface area contributed by atoms with Gasteiger partial charge in [-0.25, -0.2) is 4.98 Å². The lowest BCUT2D eigenvalue weighted by molar-refractivity contribution is 0.607. The highest BCUT2D eigenvalue weighted by molar-refractivity contribution is 7.99. The maximum atomic E-state index is 5.28. The minimum Gasteiger partial charge on any atom is -0.254 e. The van der Waals surface area contributed by atoms with Crippen LogP contribution in [0.15, 0.2) is 131 Å². The van der Waals surface area contributed by atoms with Crippen LogP contribution in [-0.2, 0) is 5.41 Å². The van der Waals surface area contributed by atoms with E-state index in [4.69, 9.17) is 9.97 Å². The summed E-state index contributed by atoms with van der Waals surface area (Å²) in [6.07, 6.45) is 1.85. The third kappa shape index (κ3) is 3.51. The molecule has 0 unspecified atom stereocenters. The second kappa shape index (κ2) is 8.77. The Balaban J connectivity index is 1.37. The molecule has 0 atom stereocenters. The van der Waals surface area contributed by atoms with Gasteiger partial charge in [0.05, 0.1) is 16.7 Å². The van der Waals surface area contributed by atoms with E-state index in [0.29, 0.717) is 0 Å². The summed E-state index contributed by atoms with van der Waals surface area (Å²) in [5.74, 6) is 0. The molecule has 0 saturated heterocycles. The predicted octanol–water partition coefficient (Wildman–Crippen LogP) is 10.1. The number of hydrogen-bond acceptors (Lipinski definition) is 3. The fraction of sp³-hybridized carbons (Fsp3) is 0.0811. The Kier molecular flexibility index (Phi) is 5.14. The summed E-state index contributed by atoms with van der Waals surface area (Å²) >= 11 is 1.88. The van der Waals surface area contributed by atoms with Gasteiger partial charge in [0.25, 0.3) is 0 Å². The first-order valence-electron chi connectivity index (χ1n) is 13.7. The molecular weight excluding hydrogens is 504 g/mol. The van der Waals surface area contributed by atoms with Crippen molar-refractivity contribution in [1.82, 2.24) is 9.97 Å². The molecule has 0 aliphatic carbocycles. The first kappa shape index (κ1) is 23.4. The predicted molar refractivity (Wildman–Crippen MR) is 168 cm³/mol. The number of rotatable bonds is 2. The zero-order valence-electron chi connectivity index (χ0n) is 22.3. The molecule has 0 N–H and O–H groups in total. The molecule has 0 amide bonds. The third-order valence-corrected chi connectivity index (χ3v) is 9.50.